The van der Waals surface area contributed by atoms with E-state index in [1.54, 1.807) is 38.1 Å². The van der Waals surface area contributed by atoms with E-state index in [4.69, 9.17) is 14.2 Å². The Morgan fingerprint density at radius 2 is 1.62 bits per heavy atom. The molecule has 2 rings (SSSR count). The number of carbonyl (C=O) groups is 3. The minimum absolute atomic E-state index is 0.00263. The van der Waals surface area contributed by atoms with Crippen LogP contribution in [0.5, 0.6) is 5.75 Å². The Morgan fingerprint density at radius 1 is 1.00 bits per heavy atom. The number of nitrogens with one attached hydrogen (secondary N) is 1. The summed E-state index contributed by atoms with van der Waals surface area (Å²) in [7, 11) is 1.53. The third-order valence-corrected chi connectivity index (χ3v) is 4.24. The first-order valence-corrected chi connectivity index (χ1v) is 8.80. The molecule has 2 aromatic rings. The summed E-state index contributed by atoms with van der Waals surface area (Å²) in [6.45, 7) is 3.64. The Bertz CT molecular complexity index is 797. The lowest BCUT2D eigenvalue weighted by atomic mass is 10.1. The van der Waals surface area contributed by atoms with Gasteiger partial charge in [-0.05, 0) is 38.1 Å². The summed E-state index contributed by atoms with van der Waals surface area (Å²) in [6.07, 6.45) is 0. The number of hydrogen-bond acceptors (Lipinski definition) is 7. The number of amides is 1. The molecule has 0 saturated heterocycles. The van der Waals surface area contributed by atoms with Crippen LogP contribution >= 0.6 is 11.3 Å². The van der Waals surface area contributed by atoms with Crippen molar-refractivity contribution in [2.24, 2.45) is 0 Å². The number of hydrogen-bond donors (Lipinski definition) is 1. The maximum Gasteiger partial charge on any atom is 0.342 e. The normalized spacial score (nSPS) is 10.1. The molecule has 0 atom stereocenters. The van der Waals surface area contributed by atoms with Crippen molar-refractivity contribution in [3.63, 3.8) is 0 Å². The lowest BCUT2D eigenvalue weighted by Gasteiger charge is -2.08. The van der Waals surface area contributed by atoms with Crippen LogP contribution < -0.4 is 10.1 Å². The van der Waals surface area contributed by atoms with Crippen molar-refractivity contribution >= 4 is 34.2 Å². The van der Waals surface area contributed by atoms with Crippen LogP contribution in [0.4, 0.5) is 5.00 Å². The molecule has 1 heterocycles. The molecule has 1 N–H and O–H groups in total. The highest BCUT2D eigenvalue weighted by atomic mass is 32.1. The van der Waals surface area contributed by atoms with E-state index in [0.717, 1.165) is 11.3 Å². The third kappa shape index (κ3) is 4.40. The van der Waals surface area contributed by atoms with E-state index in [2.05, 4.69) is 5.32 Å². The van der Waals surface area contributed by atoms with Crippen LogP contribution in [-0.2, 0) is 9.47 Å². The number of anilines is 1. The van der Waals surface area contributed by atoms with E-state index in [9.17, 15) is 14.4 Å². The molecule has 1 amide bonds. The molecule has 0 spiro atoms. The van der Waals surface area contributed by atoms with Crippen LogP contribution in [0.2, 0.25) is 0 Å². The van der Waals surface area contributed by atoms with Crippen LogP contribution in [-0.4, -0.2) is 38.2 Å². The molecule has 0 aliphatic heterocycles. The van der Waals surface area contributed by atoms with Crippen molar-refractivity contribution in [1.82, 2.24) is 0 Å². The van der Waals surface area contributed by atoms with Gasteiger partial charge in [0.15, 0.2) is 0 Å². The van der Waals surface area contributed by atoms with Crippen LogP contribution in [0.15, 0.2) is 29.6 Å². The predicted molar refractivity (Wildman–Crippen MR) is 97.2 cm³/mol. The van der Waals surface area contributed by atoms with E-state index in [1.807, 2.05) is 0 Å². The van der Waals surface area contributed by atoms with Crippen molar-refractivity contribution in [2.45, 2.75) is 13.8 Å². The summed E-state index contributed by atoms with van der Waals surface area (Å²) >= 11 is 1.06. The number of benzene rings is 1. The minimum Gasteiger partial charge on any atom is -0.497 e. The fourth-order valence-electron chi connectivity index (χ4n) is 2.13. The van der Waals surface area contributed by atoms with Crippen LogP contribution in [0.3, 0.4) is 0 Å². The summed E-state index contributed by atoms with van der Waals surface area (Å²) < 4.78 is 15.0. The van der Waals surface area contributed by atoms with Crippen LogP contribution in [0.1, 0.15) is 44.9 Å². The van der Waals surface area contributed by atoms with Gasteiger partial charge >= 0.3 is 11.9 Å². The van der Waals surface area contributed by atoms with Crippen LogP contribution in [0.25, 0.3) is 0 Å². The fraction of sp³-hybridized carbons (Fsp3) is 0.278. The second-order valence-electron chi connectivity index (χ2n) is 4.98. The standard InChI is InChI=1S/C18H19NO6S/c1-4-24-17(21)13-10-26-16(14(13)18(22)25-5-2)19-15(20)11-6-8-12(23-3)9-7-11/h6-10H,4-5H2,1-3H3,(H,19,20). The Balaban J connectivity index is 2.30. The SMILES string of the molecule is CCOC(=O)c1csc(NC(=O)c2ccc(OC)cc2)c1C(=O)OCC. The number of methoxy groups -OCH3 is 1. The van der Waals surface area contributed by atoms with E-state index >= 15 is 0 Å². The topological polar surface area (TPSA) is 90.9 Å². The summed E-state index contributed by atoms with van der Waals surface area (Å²) in [5.74, 6) is -1.14. The van der Waals surface area contributed by atoms with Gasteiger partial charge in [-0.1, -0.05) is 0 Å². The number of carbonyl (C=O) groups excluding carboxylic acids is 3. The van der Waals surface area contributed by atoms with Crippen molar-refractivity contribution in [2.75, 3.05) is 25.6 Å². The third-order valence-electron chi connectivity index (χ3n) is 3.35. The number of ether oxygens (including phenoxy) is 3. The summed E-state index contributed by atoms with van der Waals surface area (Å²) in [5.41, 5.74) is 0.448. The molecule has 26 heavy (non-hydrogen) atoms. The highest BCUT2D eigenvalue weighted by Gasteiger charge is 2.26. The first-order chi connectivity index (χ1) is 12.5. The first kappa shape index (κ1) is 19.5. The molecule has 0 aliphatic rings. The molecule has 0 saturated carbocycles. The smallest absolute Gasteiger partial charge is 0.342 e. The molecule has 8 heteroatoms. The van der Waals surface area contributed by atoms with Gasteiger partial charge in [0.1, 0.15) is 16.3 Å². The minimum atomic E-state index is -0.693. The zero-order valence-corrected chi connectivity index (χ0v) is 15.5. The monoisotopic (exact) mass is 377 g/mol. The predicted octanol–water partition coefficient (Wildman–Crippen LogP) is 3.36. The molecule has 7 nitrogen and oxygen atoms in total. The summed E-state index contributed by atoms with van der Waals surface area (Å²) in [5, 5.41) is 4.35. The van der Waals surface area contributed by atoms with E-state index in [0.29, 0.717) is 11.3 Å². The fourth-order valence-corrected chi connectivity index (χ4v) is 3.05. The first-order valence-electron chi connectivity index (χ1n) is 7.92. The Morgan fingerprint density at radius 3 is 2.19 bits per heavy atom. The van der Waals surface area contributed by atoms with Gasteiger partial charge in [0, 0.05) is 10.9 Å². The molecule has 1 aromatic heterocycles. The molecule has 0 aliphatic carbocycles. The van der Waals surface area contributed by atoms with Gasteiger partial charge in [0.2, 0.25) is 0 Å². The summed E-state index contributed by atoms with van der Waals surface area (Å²) in [4.78, 5) is 36.8. The van der Waals surface area contributed by atoms with Gasteiger partial charge in [-0.25, -0.2) is 9.59 Å². The number of thiophene rings is 1. The lowest BCUT2D eigenvalue weighted by Crippen LogP contribution is -2.17. The van der Waals surface area contributed by atoms with Gasteiger partial charge in [0.25, 0.3) is 5.91 Å². The maximum absolute atomic E-state index is 12.4. The van der Waals surface area contributed by atoms with Gasteiger partial charge < -0.3 is 19.5 Å². The van der Waals surface area contributed by atoms with Gasteiger partial charge in [-0.3, -0.25) is 4.79 Å². The molecular weight excluding hydrogens is 358 g/mol. The Kier molecular flexibility index (Phi) is 6.74. The molecule has 0 fully saturated rings. The highest BCUT2D eigenvalue weighted by molar-refractivity contribution is 7.15. The highest BCUT2D eigenvalue weighted by Crippen LogP contribution is 2.30. The van der Waals surface area contributed by atoms with Crippen molar-refractivity contribution in [3.05, 3.63) is 46.3 Å². The Hall–Kier alpha value is -2.87. The van der Waals surface area contributed by atoms with Gasteiger partial charge in [0.05, 0.1) is 25.9 Å². The average Bonchev–Trinajstić information content (AvgIpc) is 3.06. The average molecular weight is 377 g/mol. The van der Waals surface area contributed by atoms with E-state index in [-0.39, 0.29) is 29.3 Å². The Labute approximate surface area is 154 Å². The molecule has 0 unspecified atom stereocenters. The quantitative estimate of drug-likeness (QED) is 0.744. The zero-order valence-electron chi connectivity index (χ0n) is 14.7. The lowest BCUT2D eigenvalue weighted by molar-refractivity contribution is 0.0481. The van der Waals surface area contributed by atoms with Crippen molar-refractivity contribution in [1.29, 1.82) is 0 Å². The van der Waals surface area contributed by atoms with Crippen LogP contribution in [0, 0.1) is 0 Å². The maximum atomic E-state index is 12.4. The second-order valence-corrected chi connectivity index (χ2v) is 5.86. The van der Waals surface area contributed by atoms with Gasteiger partial charge in [-0.2, -0.15) is 0 Å². The summed E-state index contributed by atoms with van der Waals surface area (Å²) in [6, 6.07) is 6.50. The zero-order chi connectivity index (χ0) is 19.1. The molecule has 138 valence electrons. The second kappa shape index (κ2) is 9.00. The number of rotatable bonds is 7. The van der Waals surface area contributed by atoms with Gasteiger partial charge in [-0.15, -0.1) is 11.3 Å². The molecule has 0 bridgehead atoms. The van der Waals surface area contributed by atoms with E-state index < -0.39 is 17.8 Å². The largest absolute Gasteiger partial charge is 0.497 e. The molecule has 1 aromatic carbocycles. The number of esters is 2. The van der Waals surface area contributed by atoms with Crippen molar-refractivity contribution < 1.29 is 28.6 Å². The van der Waals surface area contributed by atoms with E-state index in [1.165, 1.54) is 12.5 Å². The van der Waals surface area contributed by atoms with Crippen molar-refractivity contribution in [3.8, 4) is 5.75 Å². The molecular formula is C18H19NO6S. The molecule has 0 radical (unpaired) electrons.